The minimum Gasteiger partial charge on any atom is -0.497 e. The van der Waals surface area contributed by atoms with Gasteiger partial charge in [0, 0.05) is 11.1 Å². The molecule has 4 heteroatoms. The topological polar surface area (TPSA) is 46.6 Å². The maximum Gasteiger partial charge on any atom is 0.261 e. The van der Waals surface area contributed by atoms with Crippen molar-refractivity contribution in [1.82, 2.24) is 0 Å². The van der Waals surface area contributed by atoms with Crippen LogP contribution in [0.1, 0.15) is 13.8 Å². The third-order valence-corrected chi connectivity index (χ3v) is 2.94. The Morgan fingerprint density at radius 1 is 0.941 bits per heavy atom. The zero-order chi connectivity index (χ0) is 12.6. The van der Waals surface area contributed by atoms with E-state index in [1.807, 2.05) is 0 Å². The van der Waals surface area contributed by atoms with Gasteiger partial charge in [-0.05, 0) is 38.1 Å². The number of carbonyl (C=O) groups excluding carboxylic acids is 2. The molecule has 2 rings (SSSR count). The maximum absolute atomic E-state index is 11.9. The molecule has 2 amide bonds. The number of rotatable bonds is 2. The van der Waals surface area contributed by atoms with Crippen molar-refractivity contribution in [2.75, 3.05) is 12.0 Å². The minimum atomic E-state index is -0.252. The Hall–Kier alpha value is -2.10. The first-order valence-corrected chi connectivity index (χ1v) is 5.26. The van der Waals surface area contributed by atoms with Crippen LogP contribution in [0.4, 0.5) is 5.69 Å². The summed E-state index contributed by atoms with van der Waals surface area (Å²) < 4.78 is 5.03. The molecule has 0 saturated heterocycles. The van der Waals surface area contributed by atoms with E-state index >= 15 is 0 Å². The van der Waals surface area contributed by atoms with E-state index in [1.165, 1.54) is 4.90 Å². The van der Waals surface area contributed by atoms with E-state index in [4.69, 9.17) is 4.74 Å². The van der Waals surface area contributed by atoms with Gasteiger partial charge in [-0.1, -0.05) is 0 Å². The predicted molar refractivity (Wildman–Crippen MR) is 63.9 cm³/mol. The molecule has 1 aromatic rings. The average Bonchev–Trinajstić information content (AvgIpc) is 2.54. The third-order valence-electron chi connectivity index (χ3n) is 2.94. The first kappa shape index (κ1) is 11.4. The van der Waals surface area contributed by atoms with Crippen LogP contribution in [-0.2, 0) is 9.59 Å². The molecule has 0 aliphatic carbocycles. The van der Waals surface area contributed by atoms with Gasteiger partial charge in [0.25, 0.3) is 11.8 Å². The second kappa shape index (κ2) is 4.05. The number of carbonyl (C=O) groups is 2. The Kier molecular flexibility index (Phi) is 2.71. The van der Waals surface area contributed by atoms with Gasteiger partial charge in [0.05, 0.1) is 12.8 Å². The van der Waals surface area contributed by atoms with Gasteiger partial charge in [-0.3, -0.25) is 9.59 Å². The van der Waals surface area contributed by atoms with Crippen LogP contribution in [0.2, 0.25) is 0 Å². The fourth-order valence-corrected chi connectivity index (χ4v) is 1.71. The fourth-order valence-electron chi connectivity index (χ4n) is 1.71. The molecule has 0 bridgehead atoms. The molecule has 0 unspecified atom stereocenters. The van der Waals surface area contributed by atoms with Crippen LogP contribution in [0.3, 0.4) is 0 Å². The number of amides is 2. The second-order valence-electron chi connectivity index (χ2n) is 3.89. The van der Waals surface area contributed by atoms with Gasteiger partial charge in [0.15, 0.2) is 0 Å². The summed E-state index contributed by atoms with van der Waals surface area (Å²) in [5.74, 6) is 0.185. The molecule has 4 nitrogen and oxygen atoms in total. The van der Waals surface area contributed by atoms with Gasteiger partial charge < -0.3 is 4.74 Å². The van der Waals surface area contributed by atoms with Crippen molar-refractivity contribution in [2.24, 2.45) is 0 Å². The lowest BCUT2D eigenvalue weighted by molar-refractivity contribution is -0.120. The van der Waals surface area contributed by atoms with Crippen molar-refractivity contribution < 1.29 is 14.3 Å². The van der Waals surface area contributed by atoms with Gasteiger partial charge in [-0.15, -0.1) is 0 Å². The Labute approximate surface area is 99.5 Å². The SMILES string of the molecule is COc1ccc(N2C(=O)C(C)=C(C)C2=O)cc1. The van der Waals surface area contributed by atoms with E-state index in [2.05, 4.69) is 0 Å². The molecule has 0 spiro atoms. The lowest BCUT2D eigenvalue weighted by Crippen LogP contribution is -2.31. The number of methoxy groups -OCH3 is 1. The molecule has 0 radical (unpaired) electrons. The molecule has 0 saturated carbocycles. The van der Waals surface area contributed by atoms with Gasteiger partial charge in [-0.2, -0.15) is 0 Å². The maximum atomic E-state index is 11.9. The summed E-state index contributed by atoms with van der Waals surface area (Å²) in [5, 5.41) is 0. The summed E-state index contributed by atoms with van der Waals surface area (Å²) in [4.78, 5) is 25.0. The van der Waals surface area contributed by atoms with Crippen molar-refractivity contribution in [2.45, 2.75) is 13.8 Å². The summed E-state index contributed by atoms with van der Waals surface area (Å²) in [6.07, 6.45) is 0. The van der Waals surface area contributed by atoms with Gasteiger partial charge >= 0.3 is 0 Å². The number of nitrogens with zero attached hydrogens (tertiary/aromatic N) is 1. The largest absolute Gasteiger partial charge is 0.497 e. The monoisotopic (exact) mass is 231 g/mol. The third kappa shape index (κ3) is 1.71. The number of imide groups is 1. The molecule has 1 aromatic carbocycles. The Balaban J connectivity index is 2.36. The highest BCUT2D eigenvalue weighted by molar-refractivity contribution is 6.32. The molecule has 88 valence electrons. The first-order chi connectivity index (χ1) is 8.06. The Morgan fingerprint density at radius 3 is 1.82 bits per heavy atom. The van der Waals surface area contributed by atoms with Crippen molar-refractivity contribution in [1.29, 1.82) is 0 Å². The summed E-state index contributed by atoms with van der Waals surface area (Å²) in [6.45, 7) is 3.33. The highest BCUT2D eigenvalue weighted by Gasteiger charge is 2.34. The zero-order valence-corrected chi connectivity index (χ0v) is 9.98. The van der Waals surface area contributed by atoms with Crippen molar-refractivity contribution in [3.8, 4) is 5.75 Å². The van der Waals surface area contributed by atoms with Crippen LogP contribution in [-0.4, -0.2) is 18.9 Å². The van der Waals surface area contributed by atoms with Gasteiger partial charge in [0.1, 0.15) is 5.75 Å². The van der Waals surface area contributed by atoms with E-state index in [-0.39, 0.29) is 11.8 Å². The van der Waals surface area contributed by atoms with Crippen LogP contribution in [0, 0.1) is 0 Å². The second-order valence-corrected chi connectivity index (χ2v) is 3.89. The molecule has 0 N–H and O–H groups in total. The highest BCUT2D eigenvalue weighted by Crippen LogP contribution is 2.27. The Bertz CT molecular complexity index is 490. The molecule has 0 aromatic heterocycles. The van der Waals surface area contributed by atoms with Crippen molar-refractivity contribution in [3.05, 3.63) is 35.4 Å². The van der Waals surface area contributed by atoms with Crippen LogP contribution in [0.5, 0.6) is 5.75 Å². The average molecular weight is 231 g/mol. The normalized spacial score (nSPS) is 15.8. The molecule has 1 heterocycles. The molecule has 0 fully saturated rings. The van der Waals surface area contributed by atoms with E-state index < -0.39 is 0 Å². The van der Waals surface area contributed by atoms with Crippen LogP contribution >= 0.6 is 0 Å². The molecule has 17 heavy (non-hydrogen) atoms. The van der Waals surface area contributed by atoms with E-state index in [0.29, 0.717) is 22.6 Å². The molecular formula is C13H13NO3. The number of ether oxygens (including phenoxy) is 1. The minimum absolute atomic E-state index is 0.252. The lowest BCUT2D eigenvalue weighted by Gasteiger charge is -2.15. The molecule has 0 atom stereocenters. The van der Waals surface area contributed by atoms with Crippen molar-refractivity contribution in [3.63, 3.8) is 0 Å². The standard InChI is InChI=1S/C13H13NO3/c1-8-9(2)13(16)14(12(8)15)10-4-6-11(17-3)7-5-10/h4-7H,1-3H3. The molecule has 1 aliphatic rings. The summed E-state index contributed by atoms with van der Waals surface area (Å²) in [7, 11) is 1.57. The number of hydrogen-bond acceptors (Lipinski definition) is 3. The van der Waals surface area contributed by atoms with Crippen LogP contribution < -0.4 is 9.64 Å². The summed E-state index contributed by atoms with van der Waals surface area (Å²) in [5.41, 5.74) is 1.58. The first-order valence-electron chi connectivity index (χ1n) is 5.26. The number of anilines is 1. The predicted octanol–water partition coefficient (Wildman–Crippen LogP) is 1.90. The number of hydrogen-bond donors (Lipinski definition) is 0. The van der Waals surface area contributed by atoms with Gasteiger partial charge in [0.2, 0.25) is 0 Å². The number of benzene rings is 1. The quantitative estimate of drug-likeness (QED) is 0.730. The fraction of sp³-hybridized carbons (Fsp3) is 0.231. The molecule has 1 aliphatic heterocycles. The van der Waals surface area contributed by atoms with Crippen LogP contribution in [0.25, 0.3) is 0 Å². The smallest absolute Gasteiger partial charge is 0.261 e. The zero-order valence-electron chi connectivity index (χ0n) is 9.98. The molecular weight excluding hydrogens is 218 g/mol. The van der Waals surface area contributed by atoms with Crippen LogP contribution in [0.15, 0.2) is 35.4 Å². The summed E-state index contributed by atoms with van der Waals surface area (Å²) in [6, 6.07) is 6.83. The van der Waals surface area contributed by atoms with E-state index in [0.717, 1.165) is 0 Å². The van der Waals surface area contributed by atoms with E-state index in [1.54, 1.807) is 45.2 Å². The Morgan fingerprint density at radius 2 is 1.41 bits per heavy atom. The van der Waals surface area contributed by atoms with Gasteiger partial charge in [-0.25, -0.2) is 4.90 Å². The van der Waals surface area contributed by atoms with E-state index in [9.17, 15) is 9.59 Å². The highest BCUT2D eigenvalue weighted by atomic mass is 16.5. The lowest BCUT2D eigenvalue weighted by atomic mass is 10.2. The summed E-state index contributed by atoms with van der Waals surface area (Å²) >= 11 is 0. The van der Waals surface area contributed by atoms with Crippen molar-refractivity contribution >= 4 is 17.5 Å².